The summed E-state index contributed by atoms with van der Waals surface area (Å²) in [6.45, 7) is 2.17. The second-order valence-electron chi connectivity index (χ2n) is 4.72. The number of hydrogen-bond acceptors (Lipinski definition) is 1. The molecule has 0 aliphatic rings. The second kappa shape index (κ2) is 5.06. The lowest BCUT2D eigenvalue weighted by atomic mass is 9.94. The molecule has 1 unspecified atom stereocenters. The van der Waals surface area contributed by atoms with E-state index in [0.717, 1.165) is 11.5 Å². The molecule has 3 heteroatoms. The average molecular weight is 271 g/mol. The molecule has 19 heavy (non-hydrogen) atoms. The minimum Gasteiger partial charge on any atom is -0.344 e. The second-order valence-corrected chi connectivity index (χ2v) is 4.98. The molecule has 0 spiro atoms. The minimum absolute atomic E-state index is 0.225. The number of aromatic amines is 1. The van der Waals surface area contributed by atoms with Crippen LogP contribution in [0.3, 0.4) is 0 Å². The van der Waals surface area contributed by atoms with Crippen molar-refractivity contribution in [2.24, 2.45) is 0 Å². The lowest BCUT2D eigenvalue weighted by molar-refractivity contribution is 0.843. The van der Waals surface area contributed by atoms with Crippen LogP contribution in [0.2, 0.25) is 0 Å². The van der Waals surface area contributed by atoms with Gasteiger partial charge in [0.05, 0.1) is 5.88 Å². The van der Waals surface area contributed by atoms with Crippen LogP contribution in [0.15, 0.2) is 48.7 Å². The molecule has 0 bridgehead atoms. The highest BCUT2D eigenvalue weighted by Crippen LogP contribution is 2.28. The fourth-order valence-corrected chi connectivity index (χ4v) is 2.58. The number of nitrogens with zero attached hydrogens (tertiary/aromatic N) is 1. The maximum absolute atomic E-state index is 5.81. The van der Waals surface area contributed by atoms with Crippen molar-refractivity contribution in [2.75, 3.05) is 0 Å². The van der Waals surface area contributed by atoms with Crippen LogP contribution < -0.4 is 0 Å². The number of fused-ring (bicyclic) bond motifs is 1. The van der Waals surface area contributed by atoms with Gasteiger partial charge in [-0.2, -0.15) is 0 Å². The van der Waals surface area contributed by atoms with Gasteiger partial charge in [-0.05, 0) is 16.3 Å². The molecule has 0 fully saturated rings. The molecule has 0 aliphatic carbocycles. The van der Waals surface area contributed by atoms with Gasteiger partial charge in [-0.25, -0.2) is 4.98 Å². The molecule has 1 heterocycles. The fraction of sp³-hybridized carbons (Fsp3) is 0.188. The Morgan fingerprint density at radius 2 is 1.95 bits per heavy atom. The Bertz CT molecular complexity index is 697. The smallest absolute Gasteiger partial charge is 0.113 e. The average Bonchev–Trinajstić information content (AvgIpc) is 2.95. The van der Waals surface area contributed by atoms with Gasteiger partial charge >= 0.3 is 0 Å². The zero-order chi connectivity index (χ0) is 13.2. The largest absolute Gasteiger partial charge is 0.344 e. The van der Waals surface area contributed by atoms with Gasteiger partial charge in [-0.15, -0.1) is 11.6 Å². The summed E-state index contributed by atoms with van der Waals surface area (Å²) in [5.74, 6) is 1.66. The van der Waals surface area contributed by atoms with Crippen LogP contribution >= 0.6 is 11.6 Å². The van der Waals surface area contributed by atoms with Crippen molar-refractivity contribution in [1.29, 1.82) is 0 Å². The van der Waals surface area contributed by atoms with Gasteiger partial charge in [0.15, 0.2) is 0 Å². The highest BCUT2D eigenvalue weighted by molar-refractivity contribution is 6.16. The van der Waals surface area contributed by atoms with Crippen molar-refractivity contribution in [2.45, 2.75) is 18.7 Å². The number of aromatic nitrogens is 2. The molecular formula is C16H15ClN2. The predicted molar refractivity (Wildman–Crippen MR) is 79.6 cm³/mol. The Kier molecular flexibility index (Phi) is 3.26. The first-order valence-electron chi connectivity index (χ1n) is 6.37. The molecule has 0 radical (unpaired) electrons. The van der Waals surface area contributed by atoms with Crippen LogP contribution in [0.4, 0.5) is 0 Å². The predicted octanol–water partition coefficient (Wildman–Crippen LogP) is 4.45. The van der Waals surface area contributed by atoms with E-state index in [4.69, 9.17) is 11.6 Å². The van der Waals surface area contributed by atoms with Crippen molar-refractivity contribution < 1.29 is 0 Å². The summed E-state index contributed by atoms with van der Waals surface area (Å²) in [4.78, 5) is 7.71. The van der Waals surface area contributed by atoms with E-state index in [0.29, 0.717) is 5.88 Å². The molecule has 2 aromatic carbocycles. The van der Waals surface area contributed by atoms with E-state index in [1.165, 1.54) is 16.3 Å². The van der Waals surface area contributed by atoms with Crippen LogP contribution in [0.5, 0.6) is 0 Å². The van der Waals surface area contributed by atoms with E-state index >= 15 is 0 Å². The molecule has 1 aromatic heterocycles. The molecule has 3 rings (SSSR count). The number of imidazole rings is 1. The van der Waals surface area contributed by atoms with Crippen molar-refractivity contribution in [3.63, 3.8) is 0 Å². The Labute approximate surface area is 117 Å². The maximum Gasteiger partial charge on any atom is 0.113 e. The third-order valence-electron chi connectivity index (χ3n) is 3.49. The standard InChI is InChI=1S/C16H15ClN2/c1-11(16-18-10-13(9-17)19-16)14-8-4-6-12-5-2-3-7-15(12)14/h2-8,10-11H,9H2,1H3,(H,18,19). The summed E-state index contributed by atoms with van der Waals surface area (Å²) in [6.07, 6.45) is 1.81. The summed E-state index contributed by atoms with van der Waals surface area (Å²) >= 11 is 5.81. The lowest BCUT2D eigenvalue weighted by Crippen LogP contribution is -1.99. The number of benzene rings is 2. The van der Waals surface area contributed by atoms with Crippen LogP contribution in [-0.4, -0.2) is 9.97 Å². The highest BCUT2D eigenvalue weighted by Gasteiger charge is 2.14. The van der Waals surface area contributed by atoms with Crippen molar-refractivity contribution >= 4 is 22.4 Å². The highest BCUT2D eigenvalue weighted by atomic mass is 35.5. The van der Waals surface area contributed by atoms with Gasteiger partial charge in [-0.1, -0.05) is 49.4 Å². The normalized spacial score (nSPS) is 12.7. The first-order chi connectivity index (χ1) is 9.29. The topological polar surface area (TPSA) is 28.7 Å². The van der Waals surface area contributed by atoms with Crippen molar-refractivity contribution in [1.82, 2.24) is 9.97 Å². The molecule has 1 N–H and O–H groups in total. The van der Waals surface area contributed by atoms with E-state index in [9.17, 15) is 0 Å². The molecule has 3 aromatic rings. The monoisotopic (exact) mass is 270 g/mol. The fourth-order valence-electron chi connectivity index (χ4n) is 2.44. The molecule has 0 amide bonds. The molecule has 0 aliphatic heterocycles. The Morgan fingerprint density at radius 1 is 1.16 bits per heavy atom. The number of hydrogen-bond donors (Lipinski definition) is 1. The van der Waals surface area contributed by atoms with E-state index in [-0.39, 0.29) is 5.92 Å². The molecular weight excluding hydrogens is 256 g/mol. The van der Waals surface area contributed by atoms with Gasteiger partial charge < -0.3 is 4.98 Å². The molecule has 2 nitrogen and oxygen atoms in total. The van der Waals surface area contributed by atoms with Gasteiger partial charge in [0.25, 0.3) is 0 Å². The molecule has 0 saturated heterocycles. The quantitative estimate of drug-likeness (QED) is 0.700. The zero-order valence-corrected chi connectivity index (χ0v) is 11.5. The summed E-state index contributed by atoms with van der Waals surface area (Å²) in [5.41, 5.74) is 2.25. The van der Waals surface area contributed by atoms with Gasteiger partial charge in [0.1, 0.15) is 5.82 Å². The third-order valence-corrected chi connectivity index (χ3v) is 3.78. The number of halogens is 1. The maximum atomic E-state index is 5.81. The zero-order valence-electron chi connectivity index (χ0n) is 10.7. The van der Waals surface area contributed by atoms with Crippen LogP contribution in [0, 0.1) is 0 Å². The first kappa shape index (κ1) is 12.2. The third kappa shape index (κ3) is 2.24. The SMILES string of the molecule is CC(c1ncc(CCl)[nH]1)c1cccc2ccccc12. The Morgan fingerprint density at radius 3 is 2.74 bits per heavy atom. The summed E-state index contributed by atoms with van der Waals surface area (Å²) < 4.78 is 0. The molecule has 1 atom stereocenters. The number of nitrogens with one attached hydrogen (secondary N) is 1. The van der Waals surface area contributed by atoms with Crippen LogP contribution in [0.25, 0.3) is 10.8 Å². The van der Waals surface area contributed by atoms with Crippen LogP contribution in [0.1, 0.15) is 29.9 Å². The number of alkyl halides is 1. The van der Waals surface area contributed by atoms with E-state index in [1.807, 2.05) is 6.20 Å². The minimum atomic E-state index is 0.225. The summed E-state index contributed by atoms with van der Waals surface area (Å²) in [5, 5.41) is 2.54. The van der Waals surface area contributed by atoms with Crippen molar-refractivity contribution in [3.8, 4) is 0 Å². The molecule has 96 valence electrons. The Balaban J connectivity index is 2.08. The lowest BCUT2D eigenvalue weighted by Gasteiger charge is -2.12. The number of H-pyrrole nitrogens is 1. The van der Waals surface area contributed by atoms with Gasteiger partial charge in [0, 0.05) is 17.8 Å². The van der Waals surface area contributed by atoms with Gasteiger partial charge in [0.2, 0.25) is 0 Å². The Hall–Kier alpha value is -1.80. The first-order valence-corrected chi connectivity index (χ1v) is 6.90. The van der Waals surface area contributed by atoms with E-state index < -0.39 is 0 Å². The van der Waals surface area contributed by atoms with E-state index in [1.54, 1.807) is 0 Å². The van der Waals surface area contributed by atoms with E-state index in [2.05, 4.69) is 59.4 Å². The van der Waals surface area contributed by atoms with Crippen molar-refractivity contribution in [3.05, 3.63) is 65.7 Å². The number of rotatable bonds is 3. The van der Waals surface area contributed by atoms with Gasteiger partial charge in [-0.3, -0.25) is 0 Å². The van der Waals surface area contributed by atoms with Crippen LogP contribution in [-0.2, 0) is 5.88 Å². The summed E-state index contributed by atoms with van der Waals surface area (Å²) in [7, 11) is 0. The summed E-state index contributed by atoms with van der Waals surface area (Å²) in [6, 6.07) is 14.8. The molecule has 0 saturated carbocycles.